The van der Waals surface area contributed by atoms with Crippen molar-refractivity contribution >= 4 is 11.8 Å². The number of rotatable bonds is 8. The van der Waals surface area contributed by atoms with Crippen molar-refractivity contribution in [1.82, 2.24) is 10.6 Å². The summed E-state index contributed by atoms with van der Waals surface area (Å²) in [4.78, 5) is 24.5. The summed E-state index contributed by atoms with van der Waals surface area (Å²) in [6.45, 7) is 8.52. The predicted molar refractivity (Wildman–Crippen MR) is 89.3 cm³/mol. The van der Waals surface area contributed by atoms with Gasteiger partial charge in [-0.3, -0.25) is 9.59 Å². The Morgan fingerprint density at radius 1 is 1.05 bits per heavy atom. The Kier molecular flexibility index (Phi) is 7.09. The van der Waals surface area contributed by atoms with Gasteiger partial charge in [0.25, 0.3) is 0 Å². The van der Waals surface area contributed by atoms with Crippen LogP contribution >= 0.6 is 0 Å². The number of unbranched alkanes of at least 4 members (excludes halogenated alkanes) is 2. The molecule has 0 saturated heterocycles. The number of hydrogen-bond donors (Lipinski definition) is 2. The molecule has 0 spiro atoms. The van der Waals surface area contributed by atoms with Gasteiger partial charge in [-0.15, -0.1) is 0 Å². The predicted octanol–water partition coefficient (Wildman–Crippen LogP) is 2.94. The van der Waals surface area contributed by atoms with Crippen molar-refractivity contribution in [3.8, 4) is 0 Å². The molecule has 0 atom stereocenters. The molecule has 1 aromatic carbocycles. The first-order valence-electron chi connectivity index (χ1n) is 8.00. The van der Waals surface area contributed by atoms with Crippen molar-refractivity contribution in [2.24, 2.45) is 5.41 Å². The first-order valence-corrected chi connectivity index (χ1v) is 8.00. The average Bonchev–Trinajstić information content (AvgIpc) is 2.50. The summed E-state index contributed by atoms with van der Waals surface area (Å²) in [5, 5.41) is 5.71. The Hall–Kier alpha value is -1.84. The molecular weight excluding hydrogens is 276 g/mol. The molecule has 122 valence electrons. The molecule has 0 aliphatic rings. The molecule has 1 aromatic rings. The fourth-order valence-electron chi connectivity index (χ4n) is 2.11. The van der Waals surface area contributed by atoms with Gasteiger partial charge in [0.05, 0.1) is 0 Å². The molecule has 0 aliphatic heterocycles. The van der Waals surface area contributed by atoms with Crippen molar-refractivity contribution in [2.45, 2.75) is 53.5 Å². The van der Waals surface area contributed by atoms with Crippen molar-refractivity contribution in [2.75, 3.05) is 6.54 Å². The number of aryl methyl sites for hydroxylation is 1. The zero-order valence-electron chi connectivity index (χ0n) is 14.2. The second-order valence-corrected chi connectivity index (χ2v) is 6.20. The van der Waals surface area contributed by atoms with Gasteiger partial charge < -0.3 is 10.6 Å². The average molecular weight is 304 g/mol. The second-order valence-electron chi connectivity index (χ2n) is 6.20. The van der Waals surface area contributed by atoms with E-state index in [1.54, 1.807) is 13.8 Å². The Bertz CT molecular complexity index is 510. The van der Waals surface area contributed by atoms with E-state index in [4.69, 9.17) is 0 Å². The summed E-state index contributed by atoms with van der Waals surface area (Å²) < 4.78 is 0. The minimum absolute atomic E-state index is 0.217. The monoisotopic (exact) mass is 304 g/mol. The summed E-state index contributed by atoms with van der Waals surface area (Å²) in [6.07, 6.45) is 3.14. The topological polar surface area (TPSA) is 58.2 Å². The summed E-state index contributed by atoms with van der Waals surface area (Å²) in [7, 11) is 0. The fraction of sp³-hybridized carbons (Fsp3) is 0.556. The Labute approximate surface area is 133 Å². The highest BCUT2D eigenvalue weighted by Gasteiger charge is 2.35. The van der Waals surface area contributed by atoms with Crippen LogP contribution in [0.15, 0.2) is 24.3 Å². The summed E-state index contributed by atoms with van der Waals surface area (Å²) in [5.41, 5.74) is 1.13. The Morgan fingerprint density at radius 2 is 1.68 bits per heavy atom. The maximum Gasteiger partial charge on any atom is 0.235 e. The number of nitrogens with one attached hydrogen (secondary N) is 2. The van der Waals surface area contributed by atoms with E-state index in [0.717, 1.165) is 30.4 Å². The molecule has 0 fully saturated rings. The number of carbonyl (C=O) groups is 2. The zero-order valence-corrected chi connectivity index (χ0v) is 14.2. The molecule has 22 heavy (non-hydrogen) atoms. The molecule has 0 bridgehead atoms. The largest absolute Gasteiger partial charge is 0.355 e. The normalized spacial score (nSPS) is 11.1. The standard InChI is InChI=1S/C18H28N2O2/c1-5-6-9-12-19-16(21)18(3,4)17(22)20-13-15-11-8-7-10-14(15)2/h7-8,10-11H,5-6,9,12-13H2,1-4H3,(H,19,21)(H,20,22). The lowest BCUT2D eigenvalue weighted by molar-refractivity contribution is -0.141. The fourth-order valence-corrected chi connectivity index (χ4v) is 2.11. The molecule has 0 radical (unpaired) electrons. The molecule has 4 nitrogen and oxygen atoms in total. The van der Waals surface area contributed by atoms with Gasteiger partial charge in [0.15, 0.2) is 0 Å². The summed E-state index contributed by atoms with van der Waals surface area (Å²) >= 11 is 0. The minimum Gasteiger partial charge on any atom is -0.355 e. The molecule has 0 unspecified atom stereocenters. The summed E-state index contributed by atoms with van der Waals surface area (Å²) in [6, 6.07) is 7.90. The number of hydrogen-bond acceptors (Lipinski definition) is 2. The molecule has 1 rings (SSSR count). The van der Waals surface area contributed by atoms with E-state index in [2.05, 4.69) is 17.6 Å². The smallest absolute Gasteiger partial charge is 0.235 e. The molecule has 0 saturated carbocycles. The van der Waals surface area contributed by atoms with Crippen LogP contribution in [0.25, 0.3) is 0 Å². The molecule has 2 N–H and O–H groups in total. The lowest BCUT2D eigenvalue weighted by atomic mass is 9.90. The van der Waals surface area contributed by atoms with E-state index in [0.29, 0.717) is 13.1 Å². The highest BCUT2D eigenvalue weighted by molar-refractivity contribution is 6.04. The van der Waals surface area contributed by atoms with Crippen LogP contribution in [0.1, 0.15) is 51.2 Å². The summed E-state index contributed by atoms with van der Waals surface area (Å²) in [5.74, 6) is -0.463. The first kappa shape index (κ1) is 18.2. The van der Waals surface area contributed by atoms with Gasteiger partial charge >= 0.3 is 0 Å². The van der Waals surface area contributed by atoms with Crippen LogP contribution in [-0.4, -0.2) is 18.4 Å². The highest BCUT2D eigenvalue weighted by atomic mass is 16.2. The van der Waals surface area contributed by atoms with Gasteiger partial charge in [0, 0.05) is 13.1 Å². The maximum atomic E-state index is 12.3. The van der Waals surface area contributed by atoms with Crippen LogP contribution in [0.3, 0.4) is 0 Å². The number of amides is 2. The van der Waals surface area contributed by atoms with E-state index in [1.807, 2.05) is 31.2 Å². The van der Waals surface area contributed by atoms with Crippen LogP contribution in [0.5, 0.6) is 0 Å². The first-order chi connectivity index (χ1) is 10.4. The minimum atomic E-state index is -1.06. The van der Waals surface area contributed by atoms with Crippen molar-refractivity contribution < 1.29 is 9.59 Å². The van der Waals surface area contributed by atoms with Crippen LogP contribution in [-0.2, 0) is 16.1 Å². The van der Waals surface area contributed by atoms with Gasteiger partial charge in [0.2, 0.25) is 11.8 Å². The van der Waals surface area contributed by atoms with Crippen LogP contribution < -0.4 is 10.6 Å². The van der Waals surface area contributed by atoms with Crippen molar-refractivity contribution in [3.63, 3.8) is 0 Å². The molecule has 0 aliphatic carbocycles. The van der Waals surface area contributed by atoms with Gasteiger partial charge in [-0.2, -0.15) is 0 Å². The van der Waals surface area contributed by atoms with Gasteiger partial charge in [-0.05, 0) is 38.3 Å². The van der Waals surface area contributed by atoms with Crippen molar-refractivity contribution in [3.05, 3.63) is 35.4 Å². The third-order valence-electron chi connectivity index (χ3n) is 3.90. The molecule has 0 heterocycles. The number of carbonyl (C=O) groups excluding carboxylic acids is 2. The number of benzene rings is 1. The lowest BCUT2D eigenvalue weighted by Crippen LogP contribution is -2.47. The van der Waals surface area contributed by atoms with E-state index >= 15 is 0 Å². The SMILES string of the molecule is CCCCCNC(=O)C(C)(C)C(=O)NCc1ccccc1C. The second kappa shape index (κ2) is 8.57. The van der Waals surface area contributed by atoms with Gasteiger partial charge in [-0.1, -0.05) is 44.0 Å². The lowest BCUT2D eigenvalue weighted by Gasteiger charge is -2.23. The molecule has 0 aromatic heterocycles. The maximum absolute atomic E-state index is 12.3. The van der Waals surface area contributed by atoms with Crippen LogP contribution in [0, 0.1) is 12.3 Å². The molecule has 4 heteroatoms. The van der Waals surface area contributed by atoms with Crippen LogP contribution in [0.2, 0.25) is 0 Å². The zero-order chi connectivity index (χ0) is 16.6. The molecular formula is C18H28N2O2. The van der Waals surface area contributed by atoms with Crippen molar-refractivity contribution in [1.29, 1.82) is 0 Å². The van der Waals surface area contributed by atoms with Gasteiger partial charge in [0.1, 0.15) is 5.41 Å². The third kappa shape index (κ3) is 5.17. The van der Waals surface area contributed by atoms with E-state index in [-0.39, 0.29) is 11.8 Å². The van der Waals surface area contributed by atoms with Gasteiger partial charge in [-0.25, -0.2) is 0 Å². The van der Waals surface area contributed by atoms with E-state index in [9.17, 15) is 9.59 Å². The quantitative estimate of drug-likeness (QED) is 0.573. The van der Waals surface area contributed by atoms with E-state index in [1.165, 1.54) is 0 Å². The Morgan fingerprint density at radius 3 is 2.32 bits per heavy atom. The van der Waals surface area contributed by atoms with Crippen LogP contribution in [0.4, 0.5) is 0 Å². The molecule has 2 amide bonds. The third-order valence-corrected chi connectivity index (χ3v) is 3.90. The Balaban J connectivity index is 2.51. The van der Waals surface area contributed by atoms with E-state index < -0.39 is 5.41 Å². The highest BCUT2D eigenvalue weighted by Crippen LogP contribution is 2.16.